The summed E-state index contributed by atoms with van der Waals surface area (Å²) < 4.78 is 45.5. The summed E-state index contributed by atoms with van der Waals surface area (Å²) >= 11 is 19.9. The number of aromatic nitrogens is 3. The Hall–Kier alpha value is -5.31. The first-order valence-corrected chi connectivity index (χ1v) is 25.1. The zero-order chi connectivity index (χ0) is 49.5. The molecule has 7 heterocycles. The minimum atomic E-state index is -0.781. The number of halogens is 4. The lowest BCUT2D eigenvalue weighted by Gasteiger charge is -2.41. The van der Waals surface area contributed by atoms with Crippen molar-refractivity contribution in [3.63, 3.8) is 0 Å². The number of nitro groups is 1. The summed E-state index contributed by atoms with van der Waals surface area (Å²) in [6, 6.07) is 10.3. The average molecular weight is 1020 g/mol. The van der Waals surface area contributed by atoms with Crippen molar-refractivity contribution < 1.29 is 37.9 Å². The molecule has 2 aliphatic carbocycles. The first-order chi connectivity index (χ1) is 33.4. The van der Waals surface area contributed by atoms with Gasteiger partial charge in [-0.05, 0) is 103 Å². The van der Waals surface area contributed by atoms with Gasteiger partial charge in [0.25, 0.3) is 0 Å². The number of fused-ring (bicyclic) bond motifs is 4. The molecule has 2 amide bonds. The van der Waals surface area contributed by atoms with Crippen molar-refractivity contribution in [2.24, 2.45) is 11.8 Å². The summed E-state index contributed by atoms with van der Waals surface area (Å²) in [5, 5.41) is 23.5. The van der Waals surface area contributed by atoms with E-state index in [1.807, 2.05) is 51.7 Å². The van der Waals surface area contributed by atoms with E-state index in [1.54, 1.807) is 23.1 Å². The largest absolute Gasteiger partial charge is 0.479 e. The minimum Gasteiger partial charge on any atom is -0.479 e. The number of carbonyl (C=O) groups is 2. The van der Waals surface area contributed by atoms with E-state index in [0.717, 1.165) is 12.8 Å². The molecule has 2 saturated carbocycles. The number of benzene rings is 2. The number of carbonyl (C=O) groups excluding carboxylic acids is 2. The molecule has 19 heteroatoms. The first kappa shape index (κ1) is 48.3. The monoisotopic (exact) mass is 1020 g/mol. The van der Waals surface area contributed by atoms with E-state index in [-0.39, 0.29) is 86.8 Å². The fourth-order valence-electron chi connectivity index (χ4n) is 11.2. The number of pyridine rings is 2. The van der Waals surface area contributed by atoms with Crippen LogP contribution in [-0.2, 0) is 25.4 Å². The van der Waals surface area contributed by atoms with Crippen molar-refractivity contribution >= 4 is 74.3 Å². The zero-order valence-corrected chi connectivity index (χ0v) is 41.7. The van der Waals surface area contributed by atoms with E-state index >= 15 is 4.39 Å². The first-order valence-electron chi connectivity index (χ1n) is 24.0. The Morgan fingerprint density at radius 1 is 1.10 bits per heavy atom. The quantitative estimate of drug-likeness (QED) is 0.0660. The SMILES string of the molecule is C[C@@H]1[C@@H](Oc2c([N+](=O)[O-])ccnc2Cl)C[C@H](c2cc3c([C@@H](C)OC4CCCCO4)nc4c(F)c(-c5cccc(Cl)c5Cl)c(CCC#N)cc4c3n2[C@H]2[C@@H]3C[C@H]2N(C(=O)OC(C)(C)C)C3)N1C(=O)C1CC1. The van der Waals surface area contributed by atoms with Gasteiger partial charge in [0.1, 0.15) is 23.3 Å². The Morgan fingerprint density at radius 2 is 1.89 bits per heavy atom. The molecular weight excluding hydrogens is 964 g/mol. The minimum absolute atomic E-state index is 0.0290. The Bertz CT molecular complexity index is 2980. The maximum absolute atomic E-state index is 18.2. The number of aryl methyl sites for hydroxylation is 1. The van der Waals surface area contributed by atoms with E-state index in [9.17, 15) is 25.0 Å². The summed E-state index contributed by atoms with van der Waals surface area (Å²) in [6.45, 7) is 10.1. The van der Waals surface area contributed by atoms with Gasteiger partial charge in [-0.25, -0.2) is 19.2 Å². The summed E-state index contributed by atoms with van der Waals surface area (Å²) in [5.41, 5.74) is 1.67. The highest BCUT2D eigenvalue weighted by atomic mass is 35.5. The number of nitriles is 1. The number of rotatable bonds is 12. The molecule has 0 spiro atoms. The number of likely N-dealkylation sites (tertiary alicyclic amines) is 1. The molecule has 6 aliphatic rings. The Morgan fingerprint density at radius 3 is 2.59 bits per heavy atom. The number of amides is 2. The third-order valence-electron chi connectivity index (χ3n) is 14.5. The predicted octanol–water partition coefficient (Wildman–Crippen LogP) is 12.0. The molecule has 70 heavy (non-hydrogen) atoms. The maximum Gasteiger partial charge on any atom is 0.410 e. The van der Waals surface area contributed by atoms with E-state index in [4.69, 9.17) is 58.7 Å². The average Bonchev–Trinajstić information content (AvgIpc) is 3.62. The van der Waals surface area contributed by atoms with Gasteiger partial charge in [0.05, 0.1) is 56.4 Å². The third kappa shape index (κ3) is 8.59. The van der Waals surface area contributed by atoms with Crippen molar-refractivity contribution in [3.8, 4) is 22.9 Å². The lowest BCUT2D eigenvalue weighted by Crippen LogP contribution is -2.45. The normalized spacial score (nSPS) is 24.7. The van der Waals surface area contributed by atoms with Crippen LogP contribution in [0.5, 0.6) is 5.75 Å². The van der Waals surface area contributed by atoms with Gasteiger partial charge in [0.2, 0.25) is 11.7 Å². The van der Waals surface area contributed by atoms with Crippen LogP contribution >= 0.6 is 34.8 Å². The van der Waals surface area contributed by atoms with Crippen LogP contribution in [0.3, 0.4) is 0 Å². The molecule has 368 valence electrons. The molecule has 3 aromatic heterocycles. The smallest absolute Gasteiger partial charge is 0.410 e. The highest BCUT2D eigenvalue weighted by molar-refractivity contribution is 6.43. The molecule has 15 nitrogen and oxygen atoms in total. The van der Waals surface area contributed by atoms with Gasteiger partial charge in [-0.1, -0.05) is 46.9 Å². The summed E-state index contributed by atoms with van der Waals surface area (Å²) in [7, 11) is 0. The summed E-state index contributed by atoms with van der Waals surface area (Å²) in [6.07, 6.45) is 3.74. The van der Waals surface area contributed by atoms with E-state index in [2.05, 4.69) is 15.6 Å². The van der Waals surface area contributed by atoms with Gasteiger partial charge < -0.3 is 33.3 Å². The highest BCUT2D eigenvalue weighted by Gasteiger charge is 2.58. The fraction of sp³-hybridized carbons (Fsp3) is 0.510. The number of nitrogens with zero attached hydrogens (tertiary/aromatic N) is 7. The van der Waals surface area contributed by atoms with Gasteiger partial charge in [-0.15, -0.1) is 0 Å². The predicted molar refractivity (Wildman–Crippen MR) is 260 cm³/mol. The van der Waals surface area contributed by atoms with Crippen molar-refractivity contribution in [1.29, 1.82) is 5.26 Å². The van der Waals surface area contributed by atoms with Gasteiger partial charge in [0.15, 0.2) is 17.3 Å². The molecule has 5 aromatic rings. The van der Waals surface area contributed by atoms with Crippen LogP contribution in [0.4, 0.5) is 14.9 Å². The topological polar surface area (TPSA) is 175 Å². The molecule has 0 N–H and O–H groups in total. The molecule has 6 fully saturated rings. The van der Waals surface area contributed by atoms with Crippen LogP contribution in [-0.4, -0.2) is 84.5 Å². The van der Waals surface area contributed by atoms with Gasteiger partial charge in [0, 0.05) is 77.7 Å². The summed E-state index contributed by atoms with van der Waals surface area (Å²) in [5.74, 6) is -1.23. The van der Waals surface area contributed by atoms with Crippen LogP contribution in [0.1, 0.15) is 121 Å². The molecule has 2 aromatic carbocycles. The number of hydrogen-bond donors (Lipinski definition) is 0. The molecule has 4 aliphatic heterocycles. The van der Waals surface area contributed by atoms with Gasteiger partial charge >= 0.3 is 11.8 Å². The number of hydrogen-bond acceptors (Lipinski definition) is 11. The molecule has 4 saturated heterocycles. The van der Waals surface area contributed by atoms with Crippen LogP contribution in [0.2, 0.25) is 15.2 Å². The molecule has 0 radical (unpaired) electrons. The second-order valence-electron chi connectivity index (χ2n) is 20.2. The second-order valence-corrected chi connectivity index (χ2v) is 21.4. The van der Waals surface area contributed by atoms with E-state index in [1.165, 1.54) is 12.3 Å². The number of ether oxygens (including phenoxy) is 4. The molecule has 1 unspecified atom stereocenters. The van der Waals surface area contributed by atoms with E-state index < -0.39 is 53.0 Å². The molecule has 11 rings (SSSR count). The molecule has 2 bridgehead atoms. The van der Waals surface area contributed by atoms with Crippen LogP contribution in [0.25, 0.3) is 32.9 Å². The third-order valence-corrected chi connectivity index (χ3v) is 15.6. The van der Waals surface area contributed by atoms with Crippen LogP contribution < -0.4 is 4.74 Å². The lowest BCUT2D eigenvalue weighted by atomic mass is 9.79. The Balaban J connectivity index is 1.24. The van der Waals surface area contributed by atoms with Crippen molar-refractivity contribution in [1.82, 2.24) is 24.3 Å². The Kier molecular flexibility index (Phi) is 12.9. The lowest BCUT2D eigenvalue weighted by molar-refractivity contribution is -0.386. The maximum atomic E-state index is 18.2. The van der Waals surface area contributed by atoms with Crippen molar-refractivity contribution in [2.45, 2.75) is 141 Å². The zero-order valence-electron chi connectivity index (χ0n) is 39.4. The van der Waals surface area contributed by atoms with E-state index in [0.29, 0.717) is 77.6 Å². The molecule has 8 atom stereocenters. The van der Waals surface area contributed by atoms with Crippen LogP contribution in [0, 0.1) is 39.1 Å². The fourth-order valence-corrected chi connectivity index (χ4v) is 11.8. The van der Waals surface area contributed by atoms with Crippen molar-refractivity contribution in [2.75, 3.05) is 13.2 Å². The highest BCUT2D eigenvalue weighted by Crippen LogP contribution is 2.56. The Labute approximate surface area is 419 Å². The summed E-state index contributed by atoms with van der Waals surface area (Å²) in [4.78, 5) is 53.3. The van der Waals surface area contributed by atoms with Crippen molar-refractivity contribution in [3.05, 3.63) is 90.7 Å². The van der Waals surface area contributed by atoms with Crippen LogP contribution in [0.15, 0.2) is 42.6 Å². The molecular formula is C51H53Cl3FN7O8. The standard InChI is InChI=1S/C51H53Cl3FN7O8/c1-25-38(69-47-34(62(65)66)16-18-57-48(47)54)23-36(60(25)49(63)27-14-15-27)35-22-32-43(26(2)68-39-13-6-7-19-67-39)58-44-31(20-28(10-9-17-56)40(42(44)55)30-11-8-12-33(52)41(30)53)46(32)61(35)45-29-21-37(45)59(24-29)50(64)70-51(3,4)5/h8,11-12,16,18,20,22,25-27,29,36-39,45H,6-7,9-10,13-15,19,21,23-24H2,1-5H3/t25-,26-,29-,36-,37-,38+,39?,45+/m1/s1. The van der Waals surface area contributed by atoms with Gasteiger partial charge in [-0.2, -0.15) is 5.26 Å². The second kappa shape index (κ2) is 18.7. The van der Waals surface area contributed by atoms with Gasteiger partial charge in [-0.3, -0.25) is 14.9 Å².